The van der Waals surface area contributed by atoms with E-state index in [1.165, 1.54) is 0 Å². The number of likely N-dealkylation sites (N-methyl/N-ethyl adjacent to an activating group) is 1. The van der Waals surface area contributed by atoms with Gasteiger partial charge in [-0.15, -0.1) is 0 Å². The summed E-state index contributed by atoms with van der Waals surface area (Å²) in [6.07, 6.45) is 0.959. The Balaban J connectivity index is 2.69. The van der Waals surface area contributed by atoms with Crippen LogP contribution in [-0.2, 0) is 6.54 Å². The summed E-state index contributed by atoms with van der Waals surface area (Å²) < 4.78 is 11.2. The average molecular weight is 329 g/mol. The van der Waals surface area contributed by atoms with Crippen LogP contribution in [0.15, 0.2) is 12.1 Å². The topological polar surface area (TPSA) is 33.7 Å². The third kappa shape index (κ3) is 6.03. The molecule has 0 aromatic heterocycles. The third-order valence-corrected chi connectivity index (χ3v) is 3.80. The molecule has 1 N–H and O–H groups in total. The van der Waals surface area contributed by atoms with E-state index in [1.807, 2.05) is 6.07 Å². The fourth-order valence-electron chi connectivity index (χ4n) is 2.27. The van der Waals surface area contributed by atoms with Crippen LogP contribution in [0.4, 0.5) is 0 Å². The lowest BCUT2D eigenvalue weighted by Crippen LogP contribution is -2.31. The summed E-state index contributed by atoms with van der Waals surface area (Å²) in [7, 11) is 1.64. The Labute approximate surface area is 139 Å². The summed E-state index contributed by atoms with van der Waals surface area (Å²) in [6.45, 7) is 12.0. The number of hydrogen-bond acceptors (Lipinski definition) is 4. The van der Waals surface area contributed by atoms with Crippen molar-refractivity contribution in [1.29, 1.82) is 0 Å². The maximum atomic E-state index is 6.17. The Morgan fingerprint density at radius 2 is 1.91 bits per heavy atom. The van der Waals surface area contributed by atoms with Crippen molar-refractivity contribution < 1.29 is 9.47 Å². The predicted octanol–water partition coefficient (Wildman–Crippen LogP) is 3.57. The van der Waals surface area contributed by atoms with Crippen molar-refractivity contribution in [1.82, 2.24) is 10.2 Å². The number of ether oxygens (including phenoxy) is 2. The number of hydrogen-bond donors (Lipinski definition) is 1. The van der Waals surface area contributed by atoms with Crippen LogP contribution in [0.25, 0.3) is 0 Å². The lowest BCUT2D eigenvalue weighted by atomic mass is 10.1. The van der Waals surface area contributed by atoms with Gasteiger partial charge in [0.1, 0.15) is 0 Å². The maximum Gasteiger partial charge on any atom is 0.165 e. The van der Waals surface area contributed by atoms with E-state index < -0.39 is 0 Å². The second-order valence-electron chi connectivity index (χ2n) is 5.15. The molecular formula is C17H29ClN2O2. The highest BCUT2D eigenvalue weighted by molar-refractivity contribution is 6.30. The molecule has 0 aliphatic heterocycles. The molecule has 4 nitrogen and oxygen atoms in total. The fourth-order valence-corrected chi connectivity index (χ4v) is 2.50. The van der Waals surface area contributed by atoms with E-state index in [9.17, 15) is 0 Å². The van der Waals surface area contributed by atoms with E-state index >= 15 is 0 Å². The molecule has 1 aromatic rings. The van der Waals surface area contributed by atoms with Gasteiger partial charge in [-0.25, -0.2) is 0 Å². The van der Waals surface area contributed by atoms with E-state index in [0.717, 1.165) is 50.5 Å². The van der Waals surface area contributed by atoms with Crippen LogP contribution in [0.5, 0.6) is 11.5 Å². The smallest absolute Gasteiger partial charge is 0.165 e. The molecule has 1 aromatic carbocycles. The Morgan fingerprint density at radius 3 is 2.50 bits per heavy atom. The zero-order chi connectivity index (χ0) is 16.4. The molecule has 0 saturated heterocycles. The molecule has 1 rings (SSSR count). The molecule has 0 spiro atoms. The highest BCUT2D eigenvalue weighted by atomic mass is 35.5. The molecule has 0 amide bonds. The van der Waals surface area contributed by atoms with Gasteiger partial charge in [0.05, 0.1) is 13.7 Å². The second kappa shape index (κ2) is 10.7. The first-order valence-electron chi connectivity index (χ1n) is 8.08. The quantitative estimate of drug-likeness (QED) is 0.630. The van der Waals surface area contributed by atoms with Gasteiger partial charge in [-0.05, 0) is 25.6 Å². The average Bonchev–Trinajstić information content (AvgIpc) is 2.53. The monoisotopic (exact) mass is 328 g/mol. The minimum Gasteiger partial charge on any atom is -0.493 e. The Morgan fingerprint density at radius 1 is 1.18 bits per heavy atom. The fraction of sp³-hybridized carbons (Fsp3) is 0.647. The highest BCUT2D eigenvalue weighted by Crippen LogP contribution is 2.34. The van der Waals surface area contributed by atoms with Gasteiger partial charge in [-0.3, -0.25) is 0 Å². The molecule has 0 bridgehead atoms. The van der Waals surface area contributed by atoms with Crippen LogP contribution >= 0.6 is 11.6 Å². The molecule has 0 aliphatic carbocycles. The van der Waals surface area contributed by atoms with Crippen LogP contribution in [0.2, 0.25) is 5.02 Å². The molecule has 0 radical (unpaired) electrons. The lowest BCUT2D eigenvalue weighted by Gasteiger charge is -2.19. The van der Waals surface area contributed by atoms with Crippen molar-refractivity contribution in [2.75, 3.05) is 39.9 Å². The Hall–Kier alpha value is -0.970. The van der Waals surface area contributed by atoms with Crippen molar-refractivity contribution in [3.05, 3.63) is 22.7 Å². The molecule has 0 saturated carbocycles. The molecule has 0 fully saturated rings. The molecule has 126 valence electrons. The maximum absolute atomic E-state index is 6.17. The van der Waals surface area contributed by atoms with Gasteiger partial charge in [0.15, 0.2) is 11.5 Å². The third-order valence-electron chi connectivity index (χ3n) is 3.58. The van der Waals surface area contributed by atoms with E-state index in [1.54, 1.807) is 13.2 Å². The molecule has 22 heavy (non-hydrogen) atoms. The summed E-state index contributed by atoms with van der Waals surface area (Å²) in [4.78, 5) is 2.39. The number of benzene rings is 1. The molecule has 0 unspecified atom stereocenters. The van der Waals surface area contributed by atoms with Crippen LogP contribution in [0, 0.1) is 0 Å². The SMILES string of the molecule is CCCOc1c(CNCCN(CC)CC)cc(Cl)cc1OC. The summed E-state index contributed by atoms with van der Waals surface area (Å²) in [5.41, 5.74) is 1.04. The van der Waals surface area contributed by atoms with E-state index in [2.05, 4.69) is 31.0 Å². The number of rotatable bonds is 11. The second-order valence-corrected chi connectivity index (χ2v) is 5.58. The summed E-state index contributed by atoms with van der Waals surface area (Å²) in [5.74, 6) is 1.49. The predicted molar refractivity (Wildman–Crippen MR) is 93.3 cm³/mol. The van der Waals surface area contributed by atoms with Crippen LogP contribution in [-0.4, -0.2) is 44.8 Å². The van der Waals surface area contributed by atoms with Crippen molar-refractivity contribution in [3.63, 3.8) is 0 Å². The van der Waals surface area contributed by atoms with Crippen molar-refractivity contribution in [2.24, 2.45) is 0 Å². The zero-order valence-corrected chi connectivity index (χ0v) is 15.0. The first-order chi connectivity index (χ1) is 10.7. The molecule has 0 aliphatic rings. The van der Waals surface area contributed by atoms with Crippen molar-refractivity contribution >= 4 is 11.6 Å². The van der Waals surface area contributed by atoms with Gasteiger partial charge in [0.25, 0.3) is 0 Å². The molecule has 0 atom stereocenters. The highest BCUT2D eigenvalue weighted by Gasteiger charge is 2.12. The lowest BCUT2D eigenvalue weighted by molar-refractivity contribution is 0.288. The standard InChI is InChI=1S/C17H29ClN2O2/c1-5-10-22-17-14(11-15(18)12-16(17)21-4)13-19-8-9-20(6-2)7-3/h11-12,19H,5-10,13H2,1-4H3. The molecule has 0 heterocycles. The van der Waals surface area contributed by atoms with Gasteiger partial charge in [0, 0.05) is 36.3 Å². The van der Waals surface area contributed by atoms with E-state index in [0.29, 0.717) is 17.4 Å². The largest absolute Gasteiger partial charge is 0.493 e. The summed E-state index contributed by atoms with van der Waals surface area (Å²) in [6, 6.07) is 3.74. The van der Waals surface area contributed by atoms with Gasteiger partial charge in [-0.1, -0.05) is 32.4 Å². The zero-order valence-electron chi connectivity index (χ0n) is 14.2. The summed E-state index contributed by atoms with van der Waals surface area (Å²) in [5, 5.41) is 4.13. The van der Waals surface area contributed by atoms with Crippen LogP contribution in [0.3, 0.4) is 0 Å². The van der Waals surface area contributed by atoms with Gasteiger partial charge < -0.3 is 19.7 Å². The molecule has 5 heteroatoms. The van der Waals surface area contributed by atoms with Gasteiger partial charge >= 0.3 is 0 Å². The van der Waals surface area contributed by atoms with E-state index in [4.69, 9.17) is 21.1 Å². The van der Waals surface area contributed by atoms with Crippen molar-refractivity contribution in [2.45, 2.75) is 33.7 Å². The molecular weight excluding hydrogens is 300 g/mol. The normalized spacial score (nSPS) is 11.0. The van der Waals surface area contributed by atoms with Gasteiger partial charge in [-0.2, -0.15) is 0 Å². The van der Waals surface area contributed by atoms with Crippen LogP contribution < -0.4 is 14.8 Å². The van der Waals surface area contributed by atoms with Crippen molar-refractivity contribution in [3.8, 4) is 11.5 Å². The first kappa shape index (κ1) is 19.1. The summed E-state index contributed by atoms with van der Waals surface area (Å²) >= 11 is 6.17. The number of methoxy groups -OCH3 is 1. The Bertz CT molecular complexity index is 437. The minimum absolute atomic E-state index is 0.668. The van der Waals surface area contributed by atoms with E-state index in [-0.39, 0.29) is 0 Å². The number of halogens is 1. The Kier molecular flexibility index (Phi) is 9.28. The minimum atomic E-state index is 0.668. The van der Waals surface area contributed by atoms with Gasteiger partial charge in [0.2, 0.25) is 0 Å². The first-order valence-corrected chi connectivity index (χ1v) is 8.46. The number of nitrogens with one attached hydrogen (secondary N) is 1. The number of nitrogens with zero attached hydrogens (tertiary/aromatic N) is 1. The van der Waals surface area contributed by atoms with Crippen LogP contribution in [0.1, 0.15) is 32.8 Å².